The van der Waals surface area contributed by atoms with Gasteiger partial charge >= 0.3 is 12.2 Å². The van der Waals surface area contributed by atoms with Crippen molar-refractivity contribution in [3.63, 3.8) is 0 Å². The molecule has 0 radical (unpaired) electrons. The van der Waals surface area contributed by atoms with E-state index < -0.39 is 43.7 Å². The molecule has 2 aromatic heterocycles. The van der Waals surface area contributed by atoms with Crippen molar-refractivity contribution < 1.29 is 39.6 Å². The molecule has 4 N–H and O–H groups in total. The molecular weight excluding hydrogens is 762 g/mol. The Morgan fingerprint density at radius 1 is 0.800 bits per heavy atom. The second-order valence-electron chi connectivity index (χ2n) is 13.8. The van der Waals surface area contributed by atoms with Gasteiger partial charge in [0.1, 0.15) is 16.3 Å². The number of aromatic nitrogens is 4. The first-order valence-electron chi connectivity index (χ1n) is 18.0. The molecule has 0 fully saturated rings. The summed E-state index contributed by atoms with van der Waals surface area (Å²) in [6, 6.07) is 3.58. The molecule has 8 rings (SSSR count). The summed E-state index contributed by atoms with van der Waals surface area (Å²) >= 11 is 0. The lowest BCUT2D eigenvalue weighted by Crippen LogP contribution is -2.34. The number of anilines is 1. The Hall–Kier alpha value is -4.84. The Balaban J connectivity index is 0.000000163. The number of alkyl halides is 3. The second kappa shape index (κ2) is 16.1. The van der Waals surface area contributed by atoms with Crippen LogP contribution < -0.4 is 15.2 Å². The monoisotopic (exact) mass is 802 g/mol. The Morgan fingerprint density at radius 2 is 1.27 bits per heavy atom. The van der Waals surface area contributed by atoms with Crippen molar-refractivity contribution in [2.24, 2.45) is 10.1 Å². The molecule has 19 heteroatoms. The Kier molecular flexibility index (Phi) is 11.7. The van der Waals surface area contributed by atoms with Gasteiger partial charge in [-0.15, -0.1) is 0 Å². The van der Waals surface area contributed by atoms with Crippen LogP contribution in [0, 0.1) is 0 Å². The van der Waals surface area contributed by atoms with Crippen molar-refractivity contribution in [3.05, 3.63) is 81.4 Å². The number of benzene rings is 2. The third-order valence-electron chi connectivity index (χ3n) is 10.1. The zero-order valence-corrected chi connectivity index (χ0v) is 31.7. The predicted octanol–water partition coefficient (Wildman–Crippen LogP) is 5.11. The van der Waals surface area contributed by atoms with Gasteiger partial charge in [-0.3, -0.25) is 9.36 Å². The lowest BCUT2D eigenvalue weighted by molar-refractivity contribution is -0.142. The first-order chi connectivity index (χ1) is 26.1. The number of hydrogen-bond acceptors (Lipinski definition) is 9. The minimum atomic E-state index is -4.54. The van der Waals surface area contributed by atoms with Gasteiger partial charge in [0.15, 0.2) is 0 Å². The number of nitrogens with one attached hydrogen (secondary N) is 2. The number of hydrogen-bond donors (Lipinski definition) is 3. The zero-order chi connectivity index (χ0) is 39.5. The summed E-state index contributed by atoms with van der Waals surface area (Å²) in [5, 5.41) is 14.7. The Labute approximate surface area is 316 Å². The molecular formula is C36H41F3N8O6S2. The van der Waals surface area contributed by atoms with Crippen molar-refractivity contribution in [3.8, 4) is 0 Å². The molecule has 0 bridgehead atoms. The van der Waals surface area contributed by atoms with Crippen LogP contribution in [0.15, 0.2) is 51.7 Å². The van der Waals surface area contributed by atoms with E-state index in [-0.39, 0.29) is 4.90 Å². The van der Waals surface area contributed by atoms with Crippen molar-refractivity contribution in [2.75, 3.05) is 5.32 Å². The van der Waals surface area contributed by atoms with Gasteiger partial charge in [0.2, 0.25) is 16.1 Å². The van der Waals surface area contributed by atoms with Crippen LogP contribution in [-0.4, -0.2) is 54.7 Å². The van der Waals surface area contributed by atoms with Crippen LogP contribution in [0.25, 0.3) is 0 Å². The van der Waals surface area contributed by atoms with Gasteiger partial charge < -0.3 is 5.32 Å². The largest absolute Gasteiger partial charge is 0.408 e. The van der Waals surface area contributed by atoms with Crippen molar-refractivity contribution in [1.82, 2.24) is 24.3 Å². The zero-order valence-electron chi connectivity index (χ0n) is 30.1. The molecule has 2 amide bonds. The molecule has 4 aliphatic rings. The predicted molar refractivity (Wildman–Crippen MR) is 196 cm³/mol. The molecule has 0 aliphatic heterocycles. The minimum absolute atomic E-state index is 0.0550. The highest BCUT2D eigenvalue weighted by Crippen LogP contribution is 2.40. The maximum atomic E-state index is 12.4. The fourth-order valence-corrected chi connectivity index (χ4v) is 8.99. The molecule has 0 spiro atoms. The smallest absolute Gasteiger partial charge is 0.307 e. The van der Waals surface area contributed by atoms with Gasteiger partial charge in [0, 0.05) is 24.6 Å². The molecule has 14 nitrogen and oxygen atoms in total. The van der Waals surface area contributed by atoms with E-state index in [1.165, 1.54) is 63.3 Å². The van der Waals surface area contributed by atoms with E-state index in [4.69, 9.17) is 5.14 Å². The molecule has 0 saturated heterocycles. The Bertz CT molecular complexity index is 2320. The van der Waals surface area contributed by atoms with E-state index >= 15 is 0 Å². The highest BCUT2D eigenvalue weighted by atomic mass is 32.2. The lowest BCUT2D eigenvalue weighted by Gasteiger charge is -2.16. The number of carbonyl (C=O) groups excluding carboxylic acids is 2. The molecule has 55 heavy (non-hydrogen) atoms. The molecule has 2 heterocycles. The van der Waals surface area contributed by atoms with E-state index in [0.717, 1.165) is 93.4 Å². The summed E-state index contributed by atoms with van der Waals surface area (Å²) in [5.41, 5.74) is 11.6. The number of aliphatic imine (C=N–C) groups is 1. The van der Waals surface area contributed by atoms with Crippen molar-refractivity contribution in [1.29, 1.82) is 0 Å². The van der Waals surface area contributed by atoms with Gasteiger partial charge in [-0.2, -0.15) is 28.4 Å². The Morgan fingerprint density at radius 3 is 1.73 bits per heavy atom. The summed E-state index contributed by atoms with van der Waals surface area (Å²) in [4.78, 5) is 26.4. The number of aryl methyl sites for hydroxylation is 5. The van der Waals surface area contributed by atoms with Gasteiger partial charge in [-0.1, -0.05) is 12.1 Å². The molecule has 2 aromatic carbocycles. The number of urea groups is 1. The van der Waals surface area contributed by atoms with Gasteiger partial charge in [0.05, 0.1) is 18.1 Å². The maximum absolute atomic E-state index is 12.4. The van der Waals surface area contributed by atoms with Crippen LogP contribution in [0.2, 0.25) is 0 Å². The number of primary sulfonamides is 1. The average molecular weight is 803 g/mol. The van der Waals surface area contributed by atoms with E-state index in [1.54, 1.807) is 6.08 Å². The van der Waals surface area contributed by atoms with Crippen LogP contribution in [-0.2, 0) is 89.3 Å². The number of amides is 2. The number of rotatable bonds is 7. The average Bonchev–Trinajstić information content (AvgIpc) is 3.94. The maximum Gasteiger partial charge on any atom is 0.408 e. The minimum Gasteiger partial charge on any atom is -0.307 e. The molecule has 4 aromatic rings. The van der Waals surface area contributed by atoms with Crippen LogP contribution in [0.3, 0.4) is 0 Å². The number of isocyanates is 1. The molecule has 0 unspecified atom stereocenters. The van der Waals surface area contributed by atoms with Crippen LogP contribution >= 0.6 is 0 Å². The summed E-state index contributed by atoms with van der Waals surface area (Å²) < 4.78 is 87.2. The SMILES string of the molecule is CCn1cc(S(N)(=O)=O)cn1.O=C(Nc1c2c(cc3c1CCC3)CCC2)NS(=O)(=O)c1cnn(CC(F)(F)F)c1.O=C=Nc1c2c(cc3c1CCC3)CCC2. The third kappa shape index (κ3) is 9.35. The topological polar surface area (TPSA) is 200 Å². The standard InChI is InChI=1S/C18H19F3N4O3S.C13H13NO.C5H9N3O2S/c19-18(20,21)10-25-9-13(8-22-25)29(27,28)24-17(26)23-16-14-5-1-3-11(14)7-12-4-2-6-15(12)16;15-8-14-13-11-5-1-3-9(11)7-10-4-2-6-12(10)13;1-2-8-4-5(3-7-8)11(6,9)10/h7-9H,1-6,10H2,(H2,23,24,26);7H,1-6H2;3-4H,2H2,1H3,(H2,6,9,10). The van der Waals surface area contributed by atoms with Crippen molar-refractivity contribution in [2.45, 2.75) is 113 Å². The first-order valence-corrected chi connectivity index (χ1v) is 21.0. The fraction of sp³-hybridized carbons (Fsp3) is 0.444. The second-order valence-corrected chi connectivity index (χ2v) is 17.0. The number of nitrogens with zero attached hydrogens (tertiary/aromatic N) is 5. The number of halogens is 3. The normalized spacial score (nSPS) is 15.4. The van der Waals surface area contributed by atoms with Crippen molar-refractivity contribution >= 4 is 43.5 Å². The molecule has 4 aliphatic carbocycles. The number of fused-ring (bicyclic) bond motifs is 4. The summed E-state index contributed by atoms with van der Waals surface area (Å²) in [5.74, 6) is 0. The molecule has 0 atom stereocenters. The van der Waals surface area contributed by atoms with E-state index in [2.05, 4.69) is 32.6 Å². The van der Waals surface area contributed by atoms with E-state index in [1.807, 2.05) is 11.6 Å². The van der Waals surface area contributed by atoms with Gasteiger partial charge in [-0.25, -0.2) is 36.3 Å². The highest BCUT2D eigenvalue weighted by Gasteiger charge is 2.31. The van der Waals surface area contributed by atoms with E-state index in [0.29, 0.717) is 16.9 Å². The summed E-state index contributed by atoms with van der Waals surface area (Å²) in [6.07, 6.45) is 13.7. The van der Waals surface area contributed by atoms with E-state index in [9.17, 15) is 39.6 Å². The molecule has 294 valence electrons. The fourth-order valence-electron chi connectivity index (χ4n) is 7.67. The van der Waals surface area contributed by atoms with Crippen LogP contribution in [0.5, 0.6) is 0 Å². The third-order valence-corrected chi connectivity index (χ3v) is 12.2. The number of carbonyl (C=O) groups is 1. The summed E-state index contributed by atoms with van der Waals surface area (Å²) in [6.45, 7) is 1.08. The summed E-state index contributed by atoms with van der Waals surface area (Å²) in [7, 11) is -7.93. The first kappa shape index (κ1) is 39.8. The number of nitrogens with two attached hydrogens (primary N) is 1. The number of sulfonamides is 2. The van der Waals surface area contributed by atoms with Gasteiger partial charge in [0.25, 0.3) is 10.0 Å². The quantitative estimate of drug-likeness (QED) is 0.169. The lowest BCUT2D eigenvalue weighted by atomic mass is 9.99. The van der Waals surface area contributed by atoms with Crippen LogP contribution in [0.4, 0.5) is 29.3 Å². The highest BCUT2D eigenvalue weighted by molar-refractivity contribution is 7.90. The molecule has 0 saturated carbocycles. The van der Waals surface area contributed by atoms with Gasteiger partial charge in [-0.05, 0) is 128 Å². The van der Waals surface area contributed by atoms with Crippen LogP contribution in [0.1, 0.15) is 77.1 Å².